The molecule has 0 radical (unpaired) electrons. The molecule has 78 valence electrons. The molecular formula is C9H15N3OS. The van der Waals surface area contributed by atoms with Crippen molar-refractivity contribution in [3.8, 4) is 0 Å². The fraction of sp³-hybridized carbons (Fsp3) is 0.444. The van der Waals surface area contributed by atoms with Crippen LogP contribution < -0.4 is 16.8 Å². The molecule has 0 bridgehead atoms. The molecule has 1 aromatic heterocycles. The first kappa shape index (κ1) is 11.2. The van der Waals surface area contributed by atoms with Crippen LogP contribution in [0.5, 0.6) is 0 Å². The number of carbonyl (C=O) groups excluding carboxylic acids is 1. The summed E-state index contributed by atoms with van der Waals surface area (Å²) in [7, 11) is 0. The Morgan fingerprint density at radius 3 is 2.86 bits per heavy atom. The van der Waals surface area contributed by atoms with Crippen LogP contribution in [0.4, 0.5) is 0 Å². The number of hydrogen-bond donors (Lipinski definition) is 3. The molecule has 0 saturated heterocycles. The van der Waals surface area contributed by atoms with Gasteiger partial charge in [0.2, 0.25) is 5.91 Å². The van der Waals surface area contributed by atoms with Crippen LogP contribution in [0, 0.1) is 6.92 Å². The highest BCUT2D eigenvalue weighted by atomic mass is 32.1. The maximum Gasteiger partial charge on any atom is 0.235 e. The fourth-order valence-corrected chi connectivity index (χ4v) is 1.89. The van der Waals surface area contributed by atoms with E-state index in [4.69, 9.17) is 11.5 Å². The van der Waals surface area contributed by atoms with E-state index >= 15 is 0 Å². The summed E-state index contributed by atoms with van der Waals surface area (Å²) in [4.78, 5) is 13.1. The first-order chi connectivity index (χ1) is 6.59. The molecule has 5 heteroatoms. The molecule has 1 heterocycles. The number of hydrogen-bond acceptors (Lipinski definition) is 4. The molecule has 0 aliphatic heterocycles. The SMILES string of the molecule is Cc1ccc(CNCC(N)C(N)=O)s1. The number of nitrogens with two attached hydrogens (primary N) is 2. The zero-order valence-corrected chi connectivity index (χ0v) is 8.93. The van der Waals surface area contributed by atoms with E-state index in [9.17, 15) is 4.79 Å². The summed E-state index contributed by atoms with van der Waals surface area (Å²) < 4.78 is 0. The highest BCUT2D eigenvalue weighted by Crippen LogP contribution is 2.14. The van der Waals surface area contributed by atoms with Gasteiger partial charge in [0.25, 0.3) is 0 Å². The molecule has 5 N–H and O–H groups in total. The van der Waals surface area contributed by atoms with Gasteiger partial charge in [-0.3, -0.25) is 4.79 Å². The Kier molecular flexibility index (Phi) is 4.06. The van der Waals surface area contributed by atoms with Crippen LogP contribution in [0.1, 0.15) is 9.75 Å². The Hall–Kier alpha value is -0.910. The van der Waals surface area contributed by atoms with Crippen LogP contribution in [-0.2, 0) is 11.3 Å². The number of amides is 1. The molecule has 1 unspecified atom stereocenters. The van der Waals surface area contributed by atoms with Gasteiger partial charge in [0.1, 0.15) is 0 Å². The van der Waals surface area contributed by atoms with Crippen molar-refractivity contribution in [2.24, 2.45) is 11.5 Å². The third-order valence-electron chi connectivity index (χ3n) is 1.82. The van der Waals surface area contributed by atoms with Crippen LogP contribution in [0.25, 0.3) is 0 Å². The molecule has 0 fully saturated rings. The summed E-state index contributed by atoms with van der Waals surface area (Å²) in [6.45, 7) is 3.22. The van der Waals surface area contributed by atoms with Gasteiger partial charge in [-0.15, -0.1) is 11.3 Å². The Morgan fingerprint density at radius 1 is 1.64 bits per heavy atom. The van der Waals surface area contributed by atoms with E-state index in [2.05, 4.69) is 24.4 Å². The first-order valence-electron chi connectivity index (χ1n) is 4.40. The van der Waals surface area contributed by atoms with Gasteiger partial charge < -0.3 is 16.8 Å². The lowest BCUT2D eigenvalue weighted by Gasteiger charge is -2.07. The zero-order chi connectivity index (χ0) is 10.6. The van der Waals surface area contributed by atoms with Gasteiger partial charge in [-0.1, -0.05) is 0 Å². The Morgan fingerprint density at radius 2 is 2.36 bits per heavy atom. The molecule has 0 spiro atoms. The van der Waals surface area contributed by atoms with Gasteiger partial charge in [0.15, 0.2) is 0 Å². The minimum Gasteiger partial charge on any atom is -0.368 e. The largest absolute Gasteiger partial charge is 0.368 e. The molecule has 1 atom stereocenters. The average molecular weight is 213 g/mol. The average Bonchev–Trinajstić information content (AvgIpc) is 2.51. The second-order valence-electron chi connectivity index (χ2n) is 3.15. The minimum atomic E-state index is -0.601. The van der Waals surface area contributed by atoms with Crippen LogP contribution in [0.3, 0.4) is 0 Å². The monoisotopic (exact) mass is 213 g/mol. The number of thiophene rings is 1. The Balaban J connectivity index is 2.25. The van der Waals surface area contributed by atoms with E-state index in [1.54, 1.807) is 11.3 Å². The summed E-state index contributed by atoms with van der Waals surface area (Å²) in [5.41, 5.74) is 10.5. The highest BCUT2D eigenvalue weighted by molar-refractivity contribution is 7.11. The summed E-state index contributed by atoms with van der Waals surface area (Å²) in [6.07, 6.45) is 0. The van der Waals surface area contributed by atoms with Crippen molar-refractivity contribution in [3.05, 3.63) is 21.9 Å². The smallest absolute Gasteiger partial charge is 0.235 e. The van der Waals surface area contributed by atoms with Gasteiger partial charge in [-0.05, 0) is 19.1 Å². The lowest BCUT2D eigenvalue weighted by molar-refractivity contribution is -0.119. The standard InChI is InChI=1S/C9H15N3OS/c1-6-2-3-7(14-6)4-12-5-8(10)9(11)13/h2-3,8,12H,4-5,10H2,1H3,(H2,11,13). The van der Waals surface area contributed by atoms with E-state index in [0.717, 1.165) is 6.54 Å². The van der Waals surface area contributed by atoms with Crippen molar-refractivity contribution >= 4 is 17.2 Å². The van der Waals surface area contributed by atoms with Crippen LogP contribution in [-0.4, -0.2) is 18.5 Å². The van der Waals surface area contributed by atoms with Crippen LogP contribution in [0.15, 0.2) is 12.1 Å². The van der Waals surface area contributed by atoms with Gasteiger partial charge in [0, 0.05) is 22.8 Å². The molecule has 14 heavy (non-hydrogen) atoms. The minimum absolute atomic E-state index is 0.423. The van der Waals surface area contributed by atoms with E-state index in [1.807, 2.05) is 0 Å². The van der Waals surface area contributed by atoms with Crippen molar-refractivity contribution in [2.75, 3.05) is 6.54 Å². The van der Waals surface area contributed by atoms with Gasteiger partial charge >= 0.3 is 0 Å². The van der Waals surface area contributed by atoms with Crippen molar-refractivity contribution in [2.45, 2.75) is 19.5 Å². The summed E-state index contributed by atoms with van der Waals surface area (Å²) in [6, 6.07) is 3.52. The third kappa shape index (κ3) is 3.45. The maximum absolute atomic E-state index is 10.6. The molecule has 4 nitrogen and oxygen atoms in total. The number of nitrogens with one attached hydrogen (secondary N) is 1. The van der Waals surface area contributed by atoms with Crippen molar-refractivity contribution in [1.82, 2.24) is 5.32 Å². The third-order valence-corrected chi connectivity index (χ3v) is 2.83. The predicted octanol–water partition coefficient (Wildman–Crippen LogP) is -0.0413. The summed E-state index contributed by atoms with van der Waals surface area (Å²) >= 11 is 1.73. The maximum atomic E-state index is 10.6. The van der Waals surface area contributed by atoms with E-state index in [0.29, 0.717) is 6.54 Å². The molecule has 0 aromatic carbocycles. The number of carbonyl (C=O) groups is 1. The molecule has 0 aliphatic carbocycles. The van der Waals surface area contributed by atoms with E-state index in [-0.39, 0.29) is 0 Å². The lowest BCUT2D eigenvalue weighted by atomic mass is 10.3. The van der Waals surface area contributed by atoms with Crippen molar-refractivity contribution < 1.29 is 4.79 Å². The number of rotatable bonds is 5. The van der Waals surface area contributed by atoms with Gasteiger partial charge in [-0.25, -0.2) is 0 Å². The van der Waals surface area contributed by atoms with Gasteiger partial charge in [-0.2, -0.15) is 0 Å². The van der Waals surface area contributed by atoms with Crippen LogP contribution >= 0.6 is 11.3 Å². The molecular weight excluding hydrogens is 198 g/mol. The second kappa shape index (κ2) is 5.09. The lowest BCUT2D eigenvalue weighted by Crippen LogP contribution is -2.44. The van der Waals surface area contributed by atoms with Crippen LogP contribution in [0.2, 0.25) is 0 Å². The molecule has 1 amide bonds. The van der Waals surface area contributed by atoms with Crippen molar-refractivity contribution in [1.29, 1.82) is 0 Å². The molecule has 0 saturated carbocycles. The summed E-state index contributed by atoms with van der Waals surface area (Å²) in [5.74, 6) is -0.472. The fourth-order valence-electron chi connectivity index (χ4n) is 1.03. The molecule has 0 aliphatic rings. The van der Waals surface area contributed by atoms with E-state index in [1.165, 1.54) is 9.75 Å². The second-order valence-corrected chi connectivity index (χ2v) is 4.52. The predicted molar refractivity (Wildman–Crippen MR) is 57.9 cm³/mol. The zero-order valence-electron chi connectivity index (χ0n) is 8.12. The number of aryl methyl sites for hydroxylation is 1. The van der Waals surface area contributed by atoms with Gasteiger partial charge in [0.05, 0.1) is 6.04 Å². The Bertz CT molecular complexity index is 311. The topological polar surface area (TPSA) is 81.1 Å². The van der Waals surface area contributed by atoms with E-state index < -0.39 is 11.9 Å². The molecule has 1 aromatic rings. The highest BCUT2D eigenvalue weighted by Gasteiger charge is 2.07. The molecule has 1 rings (SSSR count). The number of primary amides is 1. The quantitative estimate of drug-likeness (QED) is 0.642. The Labute approximate surface area is 87.3 Å². The summed E-state index contributed by atoms with van der Waals surface area (Å²) in [5, 5.41) is 3.08. The van der Waals surface area contributed by atoms with Crippen molar-refractivity contribution in [3.63, 3.8) is 0 Å². The first-order valence-corrected chi connectivity index (χ1v) is 5.22. The normalized spacial score (nSPS) is 12.7.